The number of amides is 1. The zero-order chi connectivity index (χ0) is 14.8. The number of nitrogens with zero attached hydrogens (tertiary/aromatic N) is 3. The minimum atomic E-state index is -0.567. The molecular formula is C15H16N4OS. The predicted octanol–water partition coefficient (Wildman–Crippen LogP) is 1.30. The lowest BCUT2D eigenvalue weighted by Crippen LogP contribution is -2.43. The van der Waals surface area contributed by atoms with Crippen molar-refractivity contribution >= 4 is 23.1 Å². The first-order valence-electron chi connectivity index (χ1n) is 6.80. The summed E-state index contributed by atoms with van der Waals surface area (Å²) in [5, 5.41) is 0. The summed E-state index contributed by atoms with van der Waals surface area (Å²) < 4.78 is 2.06. The molecule has 0 saturated carbocycles. The van der Waals surface area contributed by atoms with Gasteiger partial charge < -0.3 is 15.2 Å². The number of nitrogens with two attached hydrogens (primary N) is 1. The number of benzene rings is 1. The number of carbonyl (C=O) groups excluding carboxylic acids is 1. The standard InChI is InChI=1S/C15H16N4OS/c16-14(21)13(11-4-2-1-3-5-11)15(20)19-9-8-18-7-6-17-12(18)10-19/h1-7,13H,8-10H2,(H2,16,21). The van der Waals surface area contributed by atoms with Gasteiger partial charge in [-0.2, -0.15) is 0 Å². The molecule has 1 unspecified atom stereocenters. The molecule has 1 aliphatic rings. The zero-order valence-electron chi connectivity index (χ0n) is 11.5. The van der Waals surface area contributed by atoms with Gasteiger partial charge in [0.25, 0.3) is 0 Å². The van der Waals surface area contributed by atoms with Crippen LogP contribution in [-0.2, 0) is 17.9 Å². The van der Waals surface area contributed by atoms with Crippen LogP contribution in [0.3, 0.4) is 0 Å². The molecule has 6 heteroatoms. The molecule has 2 N–H and O–H groups in total. The lowest BCUT2D eigenvalue weighted by Gasteiger charge is -2.30. The topological polar surface area (TPSA) is 64.2 Å². The number of carbonyl (C=O) groups is 1. The van der Waals surface area contributed by atoms with Crippen LogP contribution in [0.4, 0.5) is 0 Å². The molecule has 5 nitrogen and oxygen atoms in total. The quantitative estimate of drug-likeness (QED) is 0.868. The number of imidazole rings is 1. The molecule has 108 valence electrons. The summed E-state index contributed by atoms with van der Waals surface area (Å²) in [4.78, 5) is 19.0. The van der Waals surface area contributed by atoms with Crippen LogP contribution in [-0.4, -0.2) is 31.9 Å². The SMILES string of the molecule is NC(=S)C(C(=O)N1CCn2ccnc2C1)c1ccccc1. The Morgan fingerprint density at radius 2 is 2.05 bits per heavy atom. The fourth-order valence-electron chi connectivity index (χ4n) is 2.62. The summed E-state index contributed by atoms with van der Waals surface area (Å²) >= 11 is 5.12. The highest BCUT2D eigenvalue weighted by Gasteiger charge is 2.30. The summed E-state index contributed by atoms with van der Waals surface area (Å²) in [7, 11) is 0. The average molecular weight is 300 g/mol. The molecule has 1 aromatic heterocycles. The molecule has 1 amide bonds. The molecule has 3 rings (SSSR count). The van der Waals surface area contributed by atoms with Crippen molar-refractivity contribution in [2.45, 2.75) is 19.0 Å². The van der Waals surface area contributed by atoms with Crippen LogP contribution in [0, 0.1) is 0 Å². The molecule has 0 aliphatic carbocycles. The highest BCUT2D eigenvalue weighted by molar-refractivity contribution is 7.80. The first kappa shape index (κ1) is 13.8. The summed E-state index contributed by atoms with van der Waals surface area (Å²) in [5.41, 5.74) is 6.65. The van der Waals surface area contributed by atoms with Crippen LogP contribution < -0.4 is 5.73 Å². The van der Waals surface area contributed by atoms with Gasteiger partial charge in [0.2, 0.25) is 5.91 Å². The van der Waals surface area contributed by atoms with Crippen LogP contribution in [0.25, 0.3) is 0 Å². The third-order valence-electron chi connectivity index (χ3n) is 3.72. The highest BCUT2D eigenvalue weighted by atomic mass is 32.1. The maximum Gasteiger partial charge on any atom is 0.237 e. The van der Waals surface area contributed by atoms with Crippen molar-refractivity contribution in [3.63, 3.8) is 0 Å². The molecule has 1 atom stereocenters. The van der Waals surface area contributed by atoms with E-state index >= 15 is 0 Å². The van der Waals surface area contributed by atoms with Crippen LogP contribution >= 0.6 is 12.2 Å². The van der Waals surface area contributed by atoms with Gasteiger partial charge in [-0.1, -0.05) is 42.5 Å². The first-order chi connectivity index (χ1) is 10.2. The lowest BCUT2D eigenvalue weighted by atomic mass is 9.97. The largest absolute Gasteiger partial charge is 0.392 e. The summed E-state index contributed by atoms with van der Waals surface area (Å²) in [6, 6.07) is 9.44. The van der Waals surface area contributed by atoms with Gasteiger partial charge in [0.1, 0.15) is 11.7 Å². The molecule has 21 heavy (non-hydrogen) atoms. The number of thiocarbonyl (C=S) groups is 1. The van der Waals surface area contributed by atoms with E-state index in [9.17, 15) is 4.79 Å². The van der Waals surface area contributed by atoms with Gasteiger partial charge in [-0.25, -0.2) is 4.98 Å². The molecule has 0 bridgehead atoms. The Bertz CT molecular complexity index is 667. The van der Waals surface area contributed by atoms with Crippen molar-refractivity contribution < 1.29 is 4.79 Å². The number of hydrogen-bond acceptors (Lipinski definition) is 3. The molecule has 0 spiro atoms. The average Bonchev–Trinajstić information content (AvgIpc) is 2.95. The van der Waals surface area contributed by atoms with Crippen molar-refractivity contribution in [3.8, 4) is 0 Å². The highest BCUT2D eigenvalue weighted by Crippen LogP contribution is 2.21. The Balaban J connectivity index is 1.84. The number of fused-ring (bicyclic) bond motifs is 1. The molecule has 2 aromatic rings. The summed E-state index contributed by atoms with van der Waals surface area (Å²) in [5.74, 6) is 0.273. The van der Waals surface area contributed by atoms with Crippen LogP contribution in [0.5, 0.6) is 0 Å². The monoisotopic (exact) mass is 300 g/mol. The van der Waals surface area contributed by atoms with Gasteiger partial charge in [0.05, 0.1) is 11.5 Å². The van der Waals surface area contributed by atoms with Gasteiger partial charge in [-0.15, -0.1) is 0 Å². The smallest absolute Gasteiger partial charge is 0.237 e. The Labute approximate surface area is 128 Å². The minimum absolute atomic E-state index is 0.0528. The van der Waals surface area contributed by atoms with E-state index in [0.717, 1.165) is 17.9 Å². The van der Waals surface area contributed by atoms with E-state index in [-0.39, 0.29) is 10.9 Å². The Morgan fingerprint density at radius 1 is 1.29 bits per heavy atom. The molecule has 1 aromatic carbocycles. The summed E-state index contributed by atoms with van der Waals surface area (Å²) in [6.45, 7) is 1.89. The molecule has 2 heterocycles. The lowest BCUT2D eigenvalue weighted by molar-refractivity contribution is -0.132. The number of rotatable bonds is 3. The van der Waals surface area contributed by atoms with Gasteiger partial charge in [-0.3, -0.25) is 4.79 Å². The second-order valence-corrected chi connectivity index (χ2v) is 5.51. The van der Waals surface area contributed by atoms with E-state index in [0.29, 0.717) is 13.1 Å². The van der Waals surface area contributed by atoms with Crippen molar-refractivity contribution in [2.24, 2.45) is 5.73 Å². The minimum Gasteiger partial charge on any atom is -0.392 e. The second-order valence-electron chi connectivity index (χ2n) is 5.04. The Kier molecular flexibility index (Phi) is 3.70. The number of aromatic nitrogens is 2. The third kappa shape index (κ3) is 2.67. The van der Waals surface area contributed by atoms with E-state index in [1.54, 1.807) is 11.1 Å². The normalized spacial score (nSPS) is 15.3. The van der Waals surface area contributed by atoms with Crippen molar-refractivity contribution in [1.29, 1.82) is 0 Å². The first-order valence-corrected chi connectivity index (χ1v) is 7.20. The Hall–Kier alpha value is -2.21. The van der Waals surface area contributed by atoms with Crippen molar-refractivity contribution in [1.82, 2.24) is 14.5 Å². The van der Waals surface area contributed by atoms with Gasteiger partial charge >= 0.3 is 0 Å². The van der Waals surface area contributed by atoms with Gasteiger partial charge in [0, 0.05) is 25.5 Å². The second kappa shape index (κ2) is 5.65. The van der Waals surface area contributed by atoms with E-state index in [2.05, 4.69) is 9.55 Å². The Morgan fingerprint density at radius 3 is 2.76 bits per heavy atom. The fraction of sp³-hybridized carbons (Fsp3) is 0.267. The zero-order valence-corrected chi connectivity index (χ0v) is 12.3. The molecule has 0 fully saturated rings. The molecule has 0 saturated heterocycles. The van der Waals surface area contributed by atoms with Gasteiger partial charge in [0.15, 0.2) is 0 Å². The van der Waals surface area contributed by atoms with E-state index in [4.69, 9.17) is 18.0 Å². The van der Waals surface area contributed by atoms with E-state index < -0.39 is 5.92 Å². The maximum atomic E-state index is 12.8. The van der Waals surface area contributed by atoms with Gasteiger partial charge in [-0.05, 0) is 5.56 Å². The van der Waals surface area contributed by atoms with Crippen LogP contribution in [0.15, 0.2) is 42.7 Å². The number of hydrogen-bond donors (Lipinski definition) is 1. The summed E-state index contributed by atoms with van der Waals surface area (Å²) in [6.07, 6.45) is 3.69. The van der Waals surface area contributed by atoms with Crippen molar-refractivity contribution in [2.75, 3.05) is 6.54 Å². The van der Waals surface area contributed by atoms with E-state index in [1.807, 2.05) is 36.5 Å². The molecule has 1 aliphatic heterocycles. The predicted molar refractivity (Wildman–Crippen MR) is 83.6 cm³/mol. The molecular weight excluding hydrogens is 284 g/mol. The maximum absolute atomic E-state index is 12.8. The fourth-order valence-corrected chi connectivity index (χ4v) is 2.86. The van der Waals surface area contributed by atoms with Crippen LogP contribution in [0.1, 0.15) is 17.3 Å². The van der Waals surface area contributed by atoms with E-state index in [1.165, 1.54) is 0 Å². The van der Waals surface area contributed by atoms with Crippen LogP contribution in [0.2, 0.25) is 0 Å². The van der Waals surface area contributed by atoms with Crippen molar-refractivity contribution in [3.05, 3.63) is 54.1 Å². The molecule has 0 radical (unpaired) electrons. The third-order valence-corrected chi connectivity index (χ3v) is 3.96.